The van der Waals surface area contributed by atoms with Crippen LogP contribution >= 0.6 is 11.3 Å². The van der Waals surface area contributed by atoms with E-state index < -0.39 is 15.9 Å². The van der Waals surface area contributed by atoms with Gasteiger partial charge in [-0.1, -0.05) is 67.6 Å². The molecule has 162 valence electrons. The van der Waals surface area contributed by atoms with Crippen molar-refractivity contribution in [2.75, 3.05) is 10.0 Å². The molecule has 0 saturated carbocycles. The molecule has 0 aliphatic heterocycles. The van der Waals surface area contributed by atoms with Gasteiger partial charge in [-0.05, 0) is 17.7 Å². The van der Waals surface area contributed by atoms with Crippen LogP contribution in [0.2, 0.25) is 0 Å². The molecule has 0 unspecified atom stereocenters. The summed E-state index contributed by atoms with van der Waals surface area (Å²) in [5.74, 6) is -1.01. The van der Waals surface area contributed by atoms with Crippen LogP contribution in [0.5, 0.6) is 0 Å². The molecule has 0 aliphatic rings. The van der Waals surface area contributed by atoms with Crippen LogP contribution in [0, 0.1) is 5.92 Å². The van der Waals surface area contributed by atoms with Crippen molar-refractivity contribution in [3.8, 4) is 0 Å². The molecule has 0 bridgehead atoms. The average molecular weight is 460 g/mol. The lowest BCUT2D eigenvalue weighted by Gasteiger charge is -2.11. The molecule has 3 rings (SSSR count). The standard InChI is InChI=1S/C20H21N5O4S2/c1-13(2)17(26)22-19-23-24-20(30-19)31(28,29)25-16-11-7-6-10-15(16)18(27)21-12-14-8-4-3-5-9-14/h3-11,13,25H,12H2,1-2H3,(H,21,27)(H,22,23,26). The molecule has 2 aromatic carbocycles. The molecular weight excluding hydrogens is 438 g/mol. The first kappa shape index (κ1) is 22.4. The molecule has 0 radical (unpaired) electrons. The lowest BCUT2D eigenvalue weighted by Crippen LogP contribution is -2.25. The second-order valence-corrected chi connectivity index (χ2v) is 9.67. The van der Waals surface area contributed by atoms with Crippen molar-refractivity contribution in [3.05, 3.63) is 65.7 Å². The number of nitrogens with zero attached hydrogens (tertiary/aromatic N) is 2. The van der Waals surface area contributed by atoms with E-state index in [1.165, 1.54) is 12.1 Å². The highest BCUT2D eigenvalue weighted by molar-refractivity contribution is 7.94. The number of hydrogen-bond donors (Lipinski definition) is 3. The Kier molecular flexibility index (Phi) is 6.98. The number of anilines is 2. The van der Waals surface area contributed by atoms with Gasteiger partial charge in [-0.3, -0.25) is 14.3 Å². The van der Waals surface area contributed by atoms with E-state index >= 15 is 0 Å². The zero-order chi connectivity index (χ0) is 22.4. The summed E-state index contributed by atoms with van der Waals surface area (Å²) in [6.07, 6.45) is 0. The number of amides is 2. The molecule has 1 aromatic heterocycles. The third-order valence-electron chi connectivity index (χ3n) is 4.10. The van der Waals surface area contributed by atoms with Crippen molar-refractivity contribution in [2.24, 2.45) is 5.92 Å². The van der Waals surface area contributed by atoms with Gasteiger partial charge in [-0.2, -0.15) is 8.42 Å². The first-order chi connectivity index (χ1) is 14.8. The van der Waals surface area contributed by atoms with Gasteiger partial charge < -0.3 is 10.6 Å². The molecule has 0 spiro atoms. The van der Waals surface area contributed by atoms with Gasteiger partial charge in [-0.25, -0.2) is 0 Å². The zero-order valence-electron chi connectivity index (χ0n) is 16.8. The van der Waals surface area contributed by atoms with Crippen molar-refractivity contribution in [1.82, 2.24) is 15.5 Å². The third-order valence-corrected chi connectivity index (χ3v) is 6.67. The molecular formula is C20H21N5O4S2. The minimum atomic E-state index is -4.11. The Bertz CT molecular complexity index is 1180. The number of aromatic nitrogens is 2. The summed E-state index contributed by atoms with van der Waals surface area (Å²) in [6, 6.07) is 15.6. The van der Waals surface area contributed by atoms with Gasteiger partial charge in [0, 0.05) is 12.5 Å². The van der Waals surface area contributed by atoms with Gasteiger partial charge in [-0.15, -0.1) is 10.2 Å². The molecule has 11 heteroatoms. The van der Waals surface area contributed by atoms with E-state index in [0.717, 1.165) is 16.9 Å². The number of carbonyl (C=O) groups is 2. The van der Waals surface area contributed by atoms with E-state index in [1.807, 2.05) is 30.3 Å². The Morgan fingerprint density at radius 2 is 1.68 bits per heavy atom. The average Bonchev–Trinajstić information content (AvgIpc) is 3.22. The molecule has 31 heavy (non-hydrogen) atoms. The lowest BCUT2D eigenvalue weighted by molar-refractivity contribution is -0.118. The smallest absolute Gasteiger partial charge is 0.291 e. The minimum Gasteiger partial charge on any atom is -0.348 e. The number of hydrogen-bond acceptors (Lipinski definition) is 7. The van der Waals surface area contributed by atoms with E-state index in [0.29, 0.717) is 6.54 Å². The van der Waals surface area contributed by atoms with Gasteiger partial charge in [0.25, 0.3) is 20.3 Å². The number of para-hydroxylation sites is 1. The Morgan fingerprint density at radius 1 is 1.00 bits per heavy atom. The summed E-state index contributed by atoms with van der Waals surface area (Å²) < 4.78 is 27.5. The Balaban J connectivity index is 1.74. The normalized spacial score (nSPS) is 11.2. The van der Waals surface area contributed by atoms with Crippen molar-refractivity contribution >= 4 is 44.0 Å². The summed E-state index contributed by atoms with van der Waals surface area (Å²) >= 11 is 0.721. The number of carbonyl (C=O) groups excluding carboxylic acids is 2. The number of sulfonamides is 1. The third kappa shape index (κ3) is 5.86. The first-order valence-corrected chi connectivity index (χ1v) is 11.6. The van der Waals surface area contributed by atoms with Crippen molar-refractivity contribution < 1.29 is 18.0 Å². The highest BCUT2D eigenvalue weighted by Crippen LogP contribution is 2.24. The lowest BCUT2D eigenvalue weighted by atomic mass is 10.1. The molecule has 0 saturated heterocycles. The predicted octanol–water partition coefficient (Wildman–Crippen LogP) is 2.86. The number of benzene rings is 2. The highest BCUT2D eigenvalue weighted by Gasteiger charge is 2.23. The van der Waals surface area contributed by atoms with Gasteiger partial charge in [0.2, 0.25) is 11.0 Å². The summed E-state index contributed by atoms with van der Waals surface area (Å²) in [5, 5.41) is 12.7. The molecule has 9 nitrogen and oxygen atoms in total. The maximum atomic E-state index is 12.7. The number of rotatable bonds is 8. The molecule has 3 N–H and O–H groups in total. The van der Waals surface area contributed by atoms with E-state index in [2.05, 4.69) is 25.6 Å². The second-order valence-electron chi connectivity index (χ2n) is 6.84. The highest BCUT2D eigenvalue weighted by atomic mass is 32.2. The maximum absolute atomic E-state index is 12.7. The van der Waals surface area contributed by atoms with Gasteiger partial charge in [0.05, 0.1) is 11.3 Å². The summed E-state index contributed by atoms with van der Waals surface area (Å²) in [4.78, 5) is 24.4. The molecule has 0 fully saturated rings. The Labute approximate surface area is 184 Å². The fraction of sp³-hybridized carbons (Fsp3) is 0.200. The van der Waals surface area contributed by atoms with Crippen LogP contribution in [-0.2, 0) is 21.4 Å². The van der Waals surface area contributed by atoms with Crippen LogP contribution in [-0.4, -0.2) is 30.4 Å². The van der Waals surface area contributed by atoms with Crippen molar-refractivity contribution in [1.29, 1.82) is 0 Å². The minimum absolute atomic E-state index is 0.0768. The molecule has 1 heterocycles. The molecule has 0 atom stereocenters. The van der Waals surface area contributed by atoms with Crippen LogP contribution in [0.1, 0.15) is 29.8 Å². The molecule has 3 aromatic rings. The quantitative estimate of drug-likeness (QED) is 0.444. The first-order valence-electron chi connectivity index (χ1n) is 9.34. The largest absolute Gasteiger partial charge is 0.348 e. The van der Waals surface area contributed by atoms with Crippen LogP contribution in [0.4, 0.5) is 10.8 Å². The fourth-order valence-corrected chi connectivity index (χ4v) is 4.43. The van der Waals surface area contributed by atoms with Gasteiger partial charge >= 0.3 is 0 Å². The SMILES string of the molecule is CC(C)C(=O)Nc1nnc(S(=O)(=O)Nc2ccccc2C(=O)NCc2ccccc2)s1. The predicted molar refractivity (Wildman–Crippen MR) is 118 cm³/mol. The van der Waals surface area contributed by atoms with E-state index in [1.54, 1.807) is 26.0 Å². The van der Waals surface area contributed by atoms with Crippen LogP contribution < -0.4 is 15.4 Å². The van der Waals surface area contributed by atoms with Crippen LogP contribution in [0.25, 0.3) is 0 Å². The van der Waals surface area contributed by atoms with Crippen LogP contribution in [0.3, 0.4) is 0 Å². The van der Waals surface area contributed by atoms with Gasteiger partial charge in [0.15, 0.2) is 0 Å². The van der Waals surface area contributed by atoms with Crippen molar-refractivity contribution in [3.63, 3.8) is 0 Å². The molecule has 0 aliphatic carbocycles. The van der Waals surface area contributed by atoms with E-state index in [9.17, 15) is 18.0 Å². The van der Waals surface area contributed by atoms with Crippen molar-refractivity contribution in [2.45, 2.75) is 24.7 Å². The summed E-state index contributed by atoms with van der Waals surface area (Å²) in [5.41, 5.74) is 1.19. The molecule has 2 amide bonds. The Morgan fingerprint density at radius 3 is 2.39 bits per heavy atom. The van der Waals surface area contributed by atoms with E-state index in [-0.39, 0.29) is 32.5 Å². The maximum Gasteiger partial charge on any atom is 0.291 e. The monoisotopic (exact) mass is 459 g/mol. The van der Waals surface area contributed by atoms with Crippen LogP contribution in [0.15, 0.2) is 58.9 Å². The topological polar surface area (TPSA) is 130 Å². The zero-order valence-corrected chi connectivity index (χ0v) is 18.5. The number of nitrogens with one attached hydrogen (secondary N) is 3. The summed E-state index contributed by atoms with van der Waals surface area (Å²) in [7, 11) is -4.11. The summed E-state index contributed by atoms with van der Waals surface area (Å²) in [6.45, 7) is 3.71. The van der Waals surface area contributed by atoms with Gasteiger partial charge in [0.1, 0.15) is 0 Å². The fourth-order valence-electron chi connectivity index (χ4n) is 2.45. The second kappa shape index (κ2) is 9.67. The van der Waals surface area contributed by atoms with E-state index in [4.69, 9.17) is 0 Å². The Hall–Kier alpha value is -3.31.